The second-order valence-corrected chi connectivity index (χ2v) is 7.72. The quantitative estimate of drug-likeness (QED) is 0.465. The van der Waals surface area contributed by atoms with Gasteiger partial charge in [-0.3, -0.25) is 4.79 Å². The zero-order chi connectivity index (χ0) is 19.8. The Morgan fingerprint density at radius 1 is 1.07 bits per heavy atom. The van der Waals surface area contributed by atoms with Crippen LogP contribution in [0.3, 0.4) is 0 Å². The third kappa shape index (κ3) is 3.24. The molecule has 4 rings (SSSR count). The second kappa shape index (κ2) is 7.28. The van der Waals surface area contributed by atoms with Crippen LogP contribution in [0.1, 0.15) is 24.2 Å². The van der Waals surface area contributed by atoms with Crippen LogP contribution in [0.25, 0.3) is 33.5 Å². The van der Waals surface area contributed by atoms with Gasteiger partial charge in [-0.2, -0.15) is 0 Å². The van der Waals surface area contributed by atoms with Crippen molar-refractivity contribution in [3.63, 3.8) is 0 Å². The summed E-state index contributed by atoms with van der Waals surface area (Å²) in [7, 11) is 1.99. The zero-order valence-electron chi connectivity index (χ0n) is 16.3. The Balaban J connectivity index is 1.95. The highest BCUT2D eigenvalue weighted by Crippen LogP contribution is 2.34. The summed E-state index contributed by atoms with van der Waals surface area (Å²) in [4.78, 5) is 23.8. The number of hydrogen-bond donors (Lipinski definition) is 0. The van der Waals surface area contributed by atoms with Gasteiger partial charge in [0.1, 0.15) is 11.3 Å². The standard InChI is InChI=1S/C22H21N3O2S/c1-13(2)25(3)21-20(19-12-14-7-5-6-8-18(14)27-19)23-16-10-9-15(22(26)28-4)11-17(16)24-21/h5-13H,1-4H3. The molecule has 0 atom stereocenters. The van der Waals surface area contributed by atoms with Gasteiger partial charge in [-0.25, -0.2) is 9.97 Å². The molecule has 0 fully saturated rings. The predicted molar refractivity (Wildman–Crippen MR) is 116 cm³/mol. The highest BCUT2D eigenvalue weighted by molar-refractivity contribution is 8.13. The van der Waals surface area contributed by atoms with Gasteiger partial charge in [0.2, 0.25) is 5.12 Å². The van der Waals surface area contributed by atoms with E-state index in [2.05, 4.69) is 18.7 Å². The lowest BCUT2D eigenvalue weighted by atomic mass is 10.2. The highest BCUT2D eigenvalue weighted by Gasteiger charge is 2.20. The molecule has 5 nitrogen and oxygen atoms in total. The van der Waals surface area contributed by atoms with Crippen LogP contribution in [-0.2, 0) is 0 Å². The van der Waals surface area contributed by atoms with E-state index in [1.165, 1.54) is 11.8 Å². The molecule has 0 bridgehead atoms. The van der Waals surface area contributed by atoms with Gasteiger partial charge in [0.05, 0.1) is 11.0 Å². The number of aromatic nitrogens is 2. The molecule has 0 unspecified atom stereocenters. The van der Waals surface area contributed by atoms with E-state index in [0.29, 0.717) is 22.5 Å². The van der Waals surface area contributed by atoms with Crippen LogP contribution in [0, 0.1) is 0 Å². The molecule has 28 heavy (non-hydrogen) atoms. The van der Waals surface area contributed by atoms with Crippen LogP contribution < -0.4 is 4.90 Å². The maximum Gasteiger partial charge on any atom is 0.219 e. The Bertz CT molecular complexity index is 1150. The van der Waals surface area contributed by atoms with E-state index < -0.39 is 0 Å². The monoisotopic (exact) mass is 391 g/mol. The molecule has 2 heterocycles. The molecular weight excluding hydrogens is 370 g/mol. The minimum atomic E-state index is 0.0174. The molecule has 2 aromatic carbocycles. The number of carbonyl (C=O) groups excluding carboxylic acids is 1. The molecule has 4 aromatic rings. The van der Waals surface area contributed by atoms with Gasteiger partial charge in [0.15, 0.2) is 11.6 Å². The number of carbonyl (C=O) groups is 1. The van der Waals surface area contributed by atoms with Gasteiger partial charge in [-0.1, -0.05) is 30.0 Å². The first-order valence-electron chi connectivity index (χ1n) is 9.10. The normalized spacial score (nSPS) is 11.5. The van der Waals surface area contributed by atoms with Crippen molar-refractivity contribution in [2.75, 3.05) is 18.2 Å². The van der Waals surface area contributed by atoms with Gasteiger partial charge < -0.3 is 9.32 Å². The Labute approximate surface area is 167 Å². The van der Waals surface area contributed by atoms with Crippen LogP contribution in [0.4, 0.5) is 5.82 Å². The van der Waals surface area contributed by atoms with Crippen LogP contribution in [-0.4, -0.2) is 34.4 Å². The van der Waals surface area contributed by atoms with Crippen molar-refractivity contribution < 1.29 is 9.21 Å². The largest absolute Gasteiger partial charge is 0.454 e. The SMILES string of the molecule is CSC(=O)c1ccc2nc(-c3cc4ccccc4o3)c(N(C)C(C)C)nc2c1. The summed E-state index contributed by atoms with van der Waals surface area (Å²) in [5.41, 5.74) is 3.57. The Morgan fingerprint density at radius 3 is 2.57 bits per heavy atom. The number of fused-ring (bicyclic) bond motifs is 2. The van der Waals surface area contributed by atoms with Crippen molar-refractivity contribution in [1.29, 1.82) is 0 Å². The fourth-order valence-electron chi connectivity index (χ4n) is 3.04. The summed E-state index contributed by atoms with van der Waals surface area (Å²) in [6.07, 6.45) is 1.78. The van der Waals surface area contributed by atoms with Crippen LogP contribution in [0.15, 0.2) is 52.9 Å². The van der Waals surface area contributed by atoms with Gasteiger partial charge in [-0.15, -0.1) is 0 Å². The minimum absolute atomic E-state index is 0.0174. The Hall–Kier alpha value is -2.86. The van der Waals surface area contributed by atoms with Gasteiger partial charge in [0, 0.05) is 24.0 Å². The van der Waals surface area contributed by atoms with E-state index in [4.69, 9.17) is 14.4 Å². The summed E-state index contributed by atoms with van der Waals surface area (Å²) in [5.74, 6) is 1.41. The first-order valence-corrected chi connectivity index (χ1v) is 10.3. The number of nitrogens with zero attached hydrogens (tertiary/aromatic N) is 3. The highest BCUT2D eigenvalue weighted by atomic mass is 32.2. The minimum Gasteiger partial charge on any atom is -0.454 e. The van der Waals surface area contributed by atoms with Gasteiger partial charge in [0.25, 0.3) is 0 Å². The van der Waals surface area contributed by atoms with Gasteiger partial charge in [-0.05, 0) is 50.4 Å². The third-order valence-corrected chi connectivity index (χ3v) is 5.44. The summed E-state index contributed by atoms with van der Waals surface area (Å²) >= 11 is 1.19. The maximum absolute atomic E-state index is 12.1. The Kier molecular flexibility index (Phi) is 4.81. The smallest absolute Gasteiger partial charge is 0.219 e. The molecule has 0 aliphatic rings. The molecule has 0 spiro atoms. The second-order valence-electron chi connectivity index (χ2n) is 6.94. The summed E-state index contributed by atoms with van der Waals surface area (Å²) < 4.78 is 6.07. The van der Waals surface area contributed by atoms with E-state index in [9.17, 15) is 4.79 Å². The van der Waals surface area contributed by atoms with Crippen molar-refractivity contribution in [3.8, 4) is 11.5 Å². The van der Waals surface area contributed by atoms with Crippen molar-refractivity contribution >= 4 is 44.7 Å². The molecular formula is C22H21N3O2S. The molecule has 0 aliphatic carbocycles. The number of furan rings is 1. The van der Waals surface area contributed by atoms with Crippen LogP contribution in [0.5, 0.6) is 0 Å². The first-order chi connectivity index (χ1) is 13.5. The number of anilines is 1. The topological polar surface area (TPSA) is 59.2 Å². The third-order valence-electron chi connectivity index (χ3n) is 4.83. The fourth-order valence-corrected chi connectivity index (χ4v) is 3.41. The average molecular weight is 391 g/mol. The maximum atomic E-state index is 12.1. The fraction of sp³-hybridized carbons (Fsp3) is 0.227. The van der Waals surface area contributed by atoms with E-state index >= 15 is 0 Å². The van der Waals surface area contributed by atoms with Crippen molar-refractivity contribution in [3.05, 3.63) is 54.1 Å². The first kappa shape index (κ1) is 18.5. The molecule has 0 aliphatic heterocycles. The molecule has 142 valence electrons. The molecule has 0 amide bonds. The number of benzene rings is 2. The Morgan fingerprint density at radius 2 is 1.86 bits per heavy atom. The van der Waals surface area contributed by atoms with E-state index in [-0.39, 0.29) is 11.2 Å². The lowest BCUT2D eigenvalue weighted by Crippen LogP contribution is -2.27. The number of rotatable bonds is 4. The van der Waals surface area contributed by atoms with Crippen LogP contribution >= 0.6 is 11.8 Å². The van der Waals surface area contributed by atoms with E-state index in [1.807, 2.05) is 43.4 Å². The lowest BCUT2D eigenvalue weighted by molar-refractivity contribution is 0.108. The van der Waals surface area contributed by atoms with Crippen LogP contribution in [0.2, 0.25) is 0 Å². The van der Waals surface area contributed by atoms with Crippen molar-refractivity contribution in [2.45, 2.75) is 19.9 Å². The predicted octanol–water partition coefficient (Wildman–Crippen LogP) is 5.39. The summed E-state index contributed by atoms with van der Waals surface area (Å²) in [6, 6.07) is 15.6. The van der Waals surface area contributed by atoms with Crippen molar-refractivity contribution in [2.24, 2.45) is 0 Å². The molecule has 6 heteroatoms. The van der Waals surface area contributed by atoms with Gasteiger partial charge >= 0.3 is 0 Å². The molecule has 0 saturated carbocycles. The lowest BCUT2D eigenvalue weighted by Gasteiger charge is -2.24. The number of hydrogen-bond acceptors (Lipinski definition) is 6. The number of para-hydroxylation sites is 1. The average Bonchev–Trinajstić information content (AvgIpc) is 3.15. The van der Waals surface area contributed by atoms with E-state index in [1.54, 1.807) is 18.4 Å². The molecule has 0 N–H and O–H groups in total. The molecule has 0 saturated heterocycles. The molecule has 0 radical (unpaired) electrons. The summed E-state index contributed by atoms with van der Waals surface area (Å²) in [6.45, 7) is 4.20. The number of thioether (sulfide) groups is 1. The summed E-state index contributed by atoms with van der Waals surface area (Å²) in [5, 5.41) is 1.04. The van der Waals surface area contributed by atoms with E-state index in [0.717, 1.165) is 22.3 Å². The molecule has 2 aromatic heterocycles. The zero-order valence-corrected chi connectivity index (χ0v) is 17.1. The van der Waals surface area contributed by atoms with Crippen molar-refractivity contribution in [1.82, 2.24) is 9.97 Å².